The minimum Gasteiger partial charge on any atom is -0.480 e. The highest BCUT2D eigenvalue weighted by Gasteiger charge is 2.18. The van der Waals surface area contributed by atoms with Crippen LogP contribution >= 0.6 is 0 Å². The summed E-state index contributed by atoms with van der Waals surface area (Å²) in [5.74, 6) is -1.00. The molecule has 0 aromatic heterocycles. The average Bonchev–Trinajstić information content (AvgIpc) is 2.29. The van der Waals surface area contributed by atoms with Crippen LogP contribution in [0.15, 0.2) is 0 Å². The first kappa shape index (κ1) is 15.7. The number of nitrogens with one attached hydrogen (secondary N) is 2. The van der Waals surface area contributed by atoms with Crippen LogP contribution in [-0.2, 0) is 9.53 Å². The summed E-state index contributed by atoms with van der Waals surface area (Å²) in [6.07, 6.45) is 2.12. The van der Waals surface area contributed by atoms with Gasteiger partial charge in [0.2, 0.25) is 0 Å². The molecular formula is C11H22N2O4. The molecule has 0 aliphatic rings. The van der Waals surface area contributed by atoms with E-state index in [2.05, 4.69) is 10.6 Å². The number of ether oxygens (including phenoxy) is 1. The maximum atomic E-state index is 11.3. The van der Waals surface area contributed by atoms with Gasteiger partial charge in [-0.1, -0.05) is 19.8 Å². The lowest BCUT2D eigenvalue weighted by atomic mass is 10.1. The van der Waals surface area contributed by atoms with Crippen LogP contribution in [0.5, 0.6) is 0 Å². The molecule has 0 spiro atoms. The molecular weight excluding hydrogens is 224 g/mol. The second kappa shape index (κ2) is 9.89. The molecule has 0 saturated carbocycles. The molecule has 0 heterocycles. The van der Waals surface area contributed by atoms with E-state index in [0.29, 0.717) is 26.2 Å². The van der Waals surface area contributed by atoms with E-state index in [1.165, 1.54) is 0 Å². The molecule has 100 valence electrons. The van der Waals surface area contributed by atoms with Gasteiger partial charge < -0.3 is 20.5 Å². The monoisotopic (exact) mass is 246 g/mol. The Kier molecular flexibility index (Phi) is 9.14. The van der Waals surface area contributed by atoms with Crippen LogP contribution in [0.3, 0.4) is 0 Å². The van der Waals surface area contributed by atoms with Gasteiger partial charge in [0.05, 0.1) is 6.61 Å². The molecule has 0 radical (unpaired) electrons. The van der Waals surface area contributed by atoms with Gasteiger partial charge >= 0.3 is 12.0 Å². The van der Waals surface area contributed by atoms with Crippen molar-refractivity contribution in [2.45, 2.75) is 39.2 Å². The molecule has 3 N–H and O–H groups in total. The lowest BCUT2D eigenvalue weighted by Crippen LogP contribution is -2.46. The molecule has 0 aromatic carbocycles. The number of carboxylic acids is 1. The third-order valence-corrected chi connectivity index (χ3v) is 2.19. The fourth-order valence-corrected chi connectivity index (χ4v) is 1.26. The zero-order valence-corrected chi connectivity index (χ0v) is 10.5. The van der Waals surface area contributed by atoms with Gasteiger partial charge in [-0.05, 0) is 13.3 Å². The van der Waals surface area contributed by atoms with Crippen LogP contribution in [0.2, 0.25) is 0 Å². The summed E-state index contributed by atoms with van der Waals surface area (Å²) < 4.78 is 5.04. The lowest BCUT2D eigenvalue weighted by molar-refractivity contribution is -0.139. The number of urea groups is 1. The Hall–Kier alpha value is -1.30. The molecule has 1 atom stereocenters. The number of rotatable bonds is 9. The first-order chi connectivity index (χ1) is 8.11. The minimum absolute atomic E-state index is 0.375. The third kappa shape index (κ3) is 8.50. The van der Waals surface area contributed by atoms with E-state index < -0.39 is 18.0 Å². The molecule has 0 aliphatic heterocycles. The van der Waals surface area contributed by atoms with Gasteiger partial charge in [-0.3, -0.25) is 0 Å². The zero-order chi connectivity index (χ0) is 13.1. The Labute approximate surface area is 102 Å². The highest BCUT2D eigenvalue weighted by molar-refractivity contribution is 5.82. The Morgan fingerprint density at radius 1 is 1.35 bits per heavy atom. The van der Waals surface area contributed by atoms with Crippen LogP contribution in [0, 0.1) is 0 Å². The average molecular weight is 246 g/mol. The van der Waals surface area contributed by atoms with E-state index in [0.717, 1.165) is 12.8 Å². The normalized spacial score (nSPS) is 11.9. The molecule has 1 unspecified atom stereocenters. The number of carboxylic acid groups (broad SMARTS) is 1. The van der Waals surface area contributed by atoms with E-state index in [1.807, 2.05) is 13.8 Å². The van der Waals surface area contributed by atoms with Crippen molar-refractivity contribution in [3.8, 4) is 0 Å². The van der Waals surface area contributed by atoms with Gasteiger partial charge in [0.1, 0.15) is 6.04 Å². The number of carbonyl (C=O) groups is 2. The van der Waals surface area contributed by atoms with Crippen LogP contribution in [0.4, 0.5) is 4.79 Å². The number of amides is 2. The summed E-state index contributed by atoms with van der Waals surface area (Å²) in [5, 5.41) is 13.9. The highest BCUT2D eigenvalue weighted by Crippen LogP contribution is 2.00. The van der Waals surface area contributed by atoms with Gasteiger partial charge in [-0.2, -0.15) is 0 Å². The second-order valence-electron chi connectivity index (χ2n) is 3.63. The SMILES string of the molecule is CCCCC(NC(=O)NCCOCC)C(=O)O. The van der Waals surface area contributed by atoms with Crippen molar-refractivity contribution in [2.75, 3.05) is 19.8 Å². The summed E-state index contributed by atoms with van der Waals surface area (Å²) in [4.78, 5) is 22.2. The number of hydrogen-bond acceptors (Lipinski definition) is 3. The molecule has 0 bridgehead atoms. The predicted molar refractivity (Wildman–Crippen MR) is 64.0 cm³/mol. The molecule has 0 fully saturated rings. The second-order valence-corrected chi connectivity index (χ2v) is 3.63. The predicted octanol–water partition coefficient (Wildman–Crippen LogP) is 0.965. The van der Waals surface area contributed by atoms with Gasteiger partial charge in [0.25, 0.3) is 0 Å². The van der Waals surface area contributed by atoms with Crippen LogP contribution in [0.25, 0.3) is 0 Å². The molecule has 0 aliphatic carbocycles. The largest absolute Gasteiger partial charge is 0.480 e. The van der Waals surface area contributed by atoms with Gasteiger partial charge in [0.15, 0.2) is 0 Å². The standard InChI is InChI=1S/C11H22N2O4/c1-3-5-6-9(10(14)15)13-11(16)12-7-8-17-4-2/h9H,3-8H2,1-2H3,(H,14,15)(H2,12,13,16). The van der Waals surface area contributed by atoms with Crippen molar-refractivity contribution < 1.29 is 19.4 Å². The van der Waals surface area contributed by atoms with Gasteiger partial charge in [-0.25, -0.2) is 9.59 Å². The Balaban J connectivity index is 3.83. The molecule has 2 amide bonds. The Bertz CT molecular complexity index is 234. The maximum absolute atomic E-state index is 11.3. The van der Waals surface area contributed by atoms with E-state index in [4.69, 9.17) is 9.84 Å². The maximum Gasteiger partial charge on any atom is 0.326 e. The quantitative estimate of drug-likeness (QED) is 0.529. The molecule has 0 rings (SSSR count). The van der Waals surface area contributed by atoms with Crippen molar-refractivity contribution in [2.24, 2.45) is 0 Å². The van der Waals surface area contributed by atoms with E-state index in [1.54, 1.807) is 0 Å². The van der Waals surface area contributed by atoms with E-state index in [9.17, 15) is 9.59 Å². The van der Waals surface area contributed by atoms with Crippen molar-refractivity contribution in [1.82, 2.24) is 10.6 Å². The summed E-state index contributed by atoms with van der Waals surface area (Å²) in [6.45, 7) is 5.24. The minimum atomic E-state index is -1.00. The number of carbonyl (C=O) groups excluding carboxylic acids is 1. The molecule has 0 aromatic rings. The van der Waals surface area contributed by atoms with Crippen LogP contribution < -0.4 is 10.6 Å². The fourth-order valence-electron chi connectivity index (χ4n) is 1.26. The number of hydrogen-bond donors (Lipinski definition) is 3. The zero-order valence-electron chi connectivity index (χ0n) is 10.5. The highest BCUT2D eigenvalue weighted by atomic mass is 16.5. The smallest absolute Gasteiger partial charge is 0.326 e. The summed E-state index contributed by atoms with van der Waals surface area (Å²) in [6, 6.07) is -1.28. The van der Waals surface area contributed by atoms with Gasteiger partial charge in [-0.15, -0.1) is 0 Å². The summed E-state index contributed by atoms with van der Waals surface area (Å²) >= 11 is 0. The molecule has 6 heteroatoms. The van der Waals surface area contributed by atoms with Crippen molar-refractivity contribution in [3.63, 3.8) is 0 Å². The van der Waals surface area contributed by atoms with E-state index in [-0.39, 0.29) is 0 Å². The van der Waals surface area contributed by atoms with Crippen molar-refractivity contribution in [1.29, 1.82) is 0 Å². The number of aliphatic carboxylic acids is 1. The fraction of sp³-hybridized carbons (Fsp3) is 0.818. The molecule has 17 heavy (non-hydrogen) atoms. The Morgan fingerprint density at radius 3 is 2.59 bits per heavy atom. The molecule has 6 nitrogen and oxygen atoms in total. The third-order valence-electron chi connectivity index (χ3n) is 2.19. The number of unbranched alkanes of at least 4 members (excludes halogenated alkanes) is 1. The Morgan fingerprint density at radius 2 is 2.06 bits per heavy atom. The lowest BCUT2D eigenvalue weighted by Gasteiger charge is -2.14. The first-order valence-corrected chi connectivity index (χ1v) is 5.96. The van der Waals surface area contributed by atoms with Gasteiger partial charge in [0, 0.05) is 13.2 Å². The summed E-state index contributed by atoms with van der Waals surface area (Å²) in [7, 11) is 0. The van der Waals surface area contributed by atoms with Crippen molar-refractivity contribution >= 4 is 12.0 Å². The van der Waals surface area contributed by atoms with Crippen LogP contribution in [-0.4, -0.2) is 42.9 Å². The topological polar surface area (TPSA) is 87.7 Å². The summed E-state index contributed by atoms with van der Waals surface area (Å²) in [5.41, 5.74) is 0. The first-order valence-electron chi connectivity index (χ1n) is 5.96. The van der Waals surface area contributed by atoms with Crippen LogP contribution in [0.1, 0.15) is 33.1 Å². The molecule has 0 saturated heterocycles. The van der Waals surface area contributed by atoms with E-state index >= 15 is 0 Å². The van der Waals surface area contributed by atoms with Crippen molar-refractivity contribution in [3.05, 3.63) is 0 Å².